The lowest BCUT2D eigenvalue weighted by Gasteiger charge is -2.49. The Labute approximate surface area is 124 Å². The van der Waals surface area contributed by atoms with Crippen LogP contribution < -0.4 is 5.32 Å². The van der Waals surface area contributed by atoms with Crippen molar-refractivity contribution in [3.63, 3.8) is 0 Å². The van der Waals surface area contributed by atoms with Crippen molar-refractivity contribution in [2.75, 3.05) is 39.3 Å². The van der Waals surface area contributed by atoms with Crippen molar-refractivity contribution in [2.24, 2.45) is 5.41 Å². The number of piperazine rings is 1. The Morgan fingerprint density at radius 1 is 1.20 bits per heavy atom. The molecule has 0 bridgehead atoms. The Morgan fingerprint density at radius 2 is 1.85 bits per heavy atom. The van der Waals surface area contributed by atoms with Gasteiger partial charge in [-0.25, -0.2) is 0 Å². The summed E-state index contributed by atoms with van der Waals surface area (Å²) in [6.45, 7) is 16.0. The highest BCUT2D eigenvalue weighted by Crippen LogP contribution is 2.40. The Balaban J connectivity index is 1.54. The van der Waals surface area contributed by atoms with Gasteiger partial charge in [-0.15, -0.1) is 0 Å². The van der Waals surface area contributed by atoms with E-state index in [1.54, 1.807) is 0 Å². The van der Waals surface area contributed by atoms with Crippen LogP contribution in [0.4, 0.5) is 0 Å². The van der Waals surface area contributed by atoms with E-state index in [4.69, 9.17) is 0 Å². The molecule has 1 saturated carbocycles. The molecule has 0 aromatic carbocycles. The average Bonchev–Trinajstić information content (AvgIpc) is 2.42. The second kappa shape index (κ2) is 6.73. The second-order valence-corrected chi connectivity index (χ2v) is 7.40. The lowest BCUT2D eigenvalue weighted by atomic mass is 9.64. The molecule has 118 valence electrons. The van der Waals surface area contributed by atoms with Crippen molar-refractivity contribution >= 4 is 0 Å². The van der Waals surface area contributed by atoms with E-state index in [-0.39, 0.29) is 11.5 Å². The minimum absolute atomic E-state index is 0.0584. The number of aliphatic hydroxyl groups is 1. The van der Waals surface area contributed by atoms with Crippen LogP contribution in [0.1, 0.15) is 40.5 Å². The molecule has 2 N–H and O–H groups in total. The number of rotatable bonds is 6. The zero-order valence-electron chi connectivity index (χ0n) is 13.7. The van der Waals surface area contributed by atoms with E-state index in [1.807, 2.05) is 0 Å². The lowest BCUT2D eigenvalue weighted by Crippen LogP contribution is -2.60. The highest BCUT2D eigenvalue weighted by atomic mass is 16.3. The lowest BCUT2D eigenvalue weighted by molar-refractivity contribution is -0.0723. The van der Waals surface area contributed by atoms with Crippen molar-refractivity contribution < 1.29 is 5.11 Å². The Kier molecular flexibility index (Phi) is 5.46. The normalized spacial score (nSPS) is 31.5. The van der Waals surface area contributed by atoms with Crippen LogP contribution in [-0.2, 0) is 0 Å². The topological polar surface area (TPSA) is 38.7 Å². The summed E-state index contributed by atoms with van der Waals surface area (Å²) in [5.41, 5.74) is 0.0584. The number of nitrogens with zero attached hydrogens (tertiary/aromatic N) is 2. The molecule has 20 heavy (non-hydrogen) atoms. The summed E-state index contributed by atoms with van der Waals surface area (Å²) >= 11 is 0. The van der Waals surface area contributed by atoms with Gasteiger partial charge in [-0.2, -0.15) is 0 Å². The highest BCUT2D eigenvalue weighted by molar-refractivity contribution is 5.01. The van der Waals surface area contributed by atoms with Crippen LogP contribution in [0.5, 0.6) is 0 Å². The van der Waals surface area contributed by atoms with Gasteiger partial charge in [-0.05, 0) is 39.8 Å². The summed E-state index contributed by atoms with van der Waals surface area (Å²) in [5.74, 6) is 0. The maximum Gasteiger partial charge on any atom is 0.0621 e. The van der Waals surface area contributed by atoms with Gasteiger partial charge in [0.2, 0.25) is 0 Å². The monoisotopic (exact) mass is 283 g/mol. The molecule has 2 unspecified atom stereocenters. The summed E-state index contributed by atoms with van der Waals surface area (Å²) in [6.07, 6.45) is 2.01. The fourth-order valence-electron chi connectivity index (χ4n) is 3.33. The molecule has 1 aliphatic heterocycles. The Morgan fingerprint density at radius 3 is 2.35 bits per heavy atom. The predicted molar refractivity (Wildman–Crippen MR) is 84.0 cm³/mol. The fraction of sp³-hybridized carbons (Fsp3) is 1.00. The summed E-state index contributed by atoms with van der Waals surface area (Å²) in [7, 11) is 0. The van der Waals surface area contributed by atoms with Gasteiger partial charge in [0.25, 0.3) is 0 Å². The van der Waals surface area contributed by atoms with Gasteiger partial charge in [0, 0.05) is 43.7 Å². The maximum absolute atomic E-state index is 9.72. The molecule has 2 aliphatic rings. The van der Waals surface area contributed by atoms with Gasteiger partial charge < -0.3 is 15.3 Å². The third-order valence-corrected chi connectivity index (χ3v) is 5.39. The quantitative estimate of drug-likeness (QED) is 0.717. The van der Waals surface area contributed by atoms with Crippen LogP contribution >= 0.6 is 0 Å². The van der Waals surface area contributed by atoms with Crippen LogP contribution in [-0.4, -0.2) is 72.4 Å². The van der Waals surface area contributed by atoms with Gasteiger partial charge in [0.05, 0.1) is 6.10 Å². The molecule has 1 aliphatic carbocycles. The molecule has 0 amide bonds. The number of hydrogen-bond donors (Lipinski definition) is 2. The third-order valence-electron chi connectivity index (χ3n) is 5.39. The van der Waals surface area contributed by atoms with Crippen LogP contribution in [0.3, 0.4) is 0 Å². The van der Waals surface area contributed by atoms with Crippen molar-refractivity contribution in [3.05, 3.63) is 0 Å². The molecule has 1 saturated heterocycles. The van der Waals surface area contributed by atoms with Crippen molar-refractivity contribution in [1.29, 1.82) is 0 Å². The predicted octanol–water partition coefficient (Wildman–Crippen LogP) is 1.15. The molecule has 0 aromatic rings. The molecule has 0 radical (unpaired) electrons. The minimum atomic E-state index is -0.121. The van der Waals surface area contributed by atoms with E-state index in [2.05, 4.69) is 42.8 Å². The van der Waals surface area contributed by atoms with Crippen molar-refractivity contribution in [2.45, 2.75) is 58.7 Å². The first-order valence-electron chi connectivity index (χ1n) is 8.29. The average molecular weight is 283 g/mol. The molecule has 4 nitrogen and oxygen atoms in total. The van der Waals surface area contributed by atoms with Gasteiger partial charge in [-0.3, -0.25) is 4.90 Å². The van der Waals surface area contributed by atoms with Gasteiger partial charge in [0.1, 0.15) is 0 Å². The molecular weight excluding hydrogens is 250 g/mol. The van der Waals surface area contributed by atoms with E-state index in [0.29, 0.717) is 12.1 Å². The first-order chi connectivity index (χ1) is 9.41. The molecule has 0 aromatic heterocycles. The Hall–Kier alpha value is -0.160. The zero-order chi connectivity index (χ0) is 14.8. The SMILES string of the molecule is CC(C)N1CCN(CCCNC2CC(O)C2(C)C)CC1. The number of nitrogens with one attached hydrogen (secondary N) is 1. The highest BCUT2D eigenvalue weighted by Gasteiger charge is 2.46. The van der Waals surface area contributed by atoms with Crippen LogP contribution in [0.2, 0.25) is 0 Å². The first kappa shape index (κ1) is 16.2. The van der Waals surface area contributed by atoms with E-state index < -0.39 is 0 Å². The number of aliphatic hydroxyl groups excluding tert-OH is 1. The second-order valence-electron chi connectivity index (χ2n) is 7.40. The van der Waals surface area contributed by atoms with Gasteiger partial charge in [-0.1, -0.05) is 13.8 Å². The standard InChI is InChI=1S/C16H33N3O/c1-13(2)19-10-8-18(9-11-19)7-5-6-17-14-12-15(20)16(14,3)4/h13-15,17,20H,5-12H2,1-4H3. The van der Waals surface area contributed by atoms with Crippen molar-refractivity contribution in [3.8, 4) is 0 Å². The molecule has 1 heterocycles. The molecule has 2 fully saturated rings. The molecule has 2 atom stereocenters. The summed E-state index contributed by atoms with van der Waals surface area (Å²) in [4.78, 5) is 5.15. The number of hydrogen-bond acceptors (Lipinski definition) is 4. The van der Waals surface area contributed by atoms with Crippen LogP contribution in [0.15, 0.2) is 0 Å². The largest absolute Gasteiger partial charge is 0.392 e. The first-order valence-corrected chi connectivity index (χ1v) is 8.29. The van der Waals surface area contributed by atoms with E-state index >= 15 is 0 Å². The van der Waals surface area contributed by atoms with E-state index in [1.165, 1.54) is 39.1 Å². The van der Waals surface area contributed by atoms with Crippen LogP contribution in [0, 0.1) is 5.41 Å². The van der Waals surface area contributed by atoms with Crippen molar-refractivity contribution in [1.82, 2.24) is 15.1 Å². The smallest absolute Gasteiger partial charge is 0.0621 e. The third kappa shape index (κ3) is 3.73. The molecule has 4 heteroatoms. The molecule has 0 spiro atoms. The zero-order valence-corrected chi connectivity index (χ0v) is 13.7. The summed E-state index contributed by atoms with van der Waals surface area (Å²) in [6, 6.07) is 1.18. The van der Waals surface area contributed by atoms with Gasteiger partial charge in [0.15, 0.2) is 0 Å². The minimum Gasteiger partial charge on any atom is -0.392 e. The van der Waals surface area contributed by atoms with Gasteiger partial charge >= 0.3 is 0 Å². The molecule has 2 rings (SSSR count). The van der Waals surface area contributed by atoms with E-state index in [9.17, 15) is 5.11 Å². The van der Waals surface area contributed by atoms with Crippen LogP contribution in [0.25, 0.3) is 0 Å². The molecular formula is C16H33N3O. The Bertz CT molecular complexity index is 298. The van der Waals surface area contributed by atoms with E-state index in [0.717, 1.165) is 13.0 Å². The summed E-state index contributed by atoms with van der Waals surface area (Å²) < 4.78 is 0. The maximum atomic E-state index is 9.72. The fourth-order valence-corrected chi connectivity index (χ4v) is 3.33. The summed E-state index contributed by atoms with van der Waals surface area (Å²) in [5, 5.41) is 13.3.